The first-order valence-electron chi connectivity index (χ1n) is 8.81. The zero-order chi connectivity index (χ0) is 18.0. The number of benzene rings is 1. The number of likely N-dealkylation sites (tertiary alicyclic amines) is 1. The van der Waals surface area contributed by atoms with Crippen molar-refractivity contribution in [1.29, 1.82) is 0 Å². The van der Waals surface area contributed by atoms with Crippen molar-refractivity contribution in [3.63, 3.8) is 0 Å². The van der Waals surface area contributed by atoms with Crippen molar-refractivity contribution in [3.8, 4) is 0 Å². The first-order valence-corrected chi connectivity index (χ1v) is 9.56. The van der Waals surface area contributed by atoms with Gasteiger partial charge in [0.2, 0.25) is 12.5 Å². The molecule has 1 unspecified atom stereocenters. The molecule has 1 amide bonds. The van der Waals surface area contributed by atoms with Gasteiger partial charge in [0.25, 0.3) is 0 Å². The van der Waals surface area contributed by atoms with Crippen LogP contribution in [0.15, 0.2) is 18.2 Å². The van der Waals surface area contributed by atoms with Crippen LogP contribution in [0.3, 0.4) is 0 Å². The minimum Gasteiger partial charge on any atom is -0.339 e. The highest BCUT2D eigenvalue weighted by atomic mass is 35.5. The lowest BCUT2D eigenvalue weighted by Gasteiger charge is -2.33. The Balaban J connectivity index is 1.58. The van der Waals surface area contributed by atoms with Crippen LogP contribution in [-0.4, -0.2) is 34.9 Å². The number of halogens is 2. The van der Waals surface area contributed by atoms with Crippen LogP contribution >= 0.6 is 23.2 Å². The van der Waals surface area contributed by atoms with Gasteiger partial charge in [0.1, 0.15) is 0 Å². The molecule has 0 bridgehead atoms. The summed E-state index contributed by atoms with van der Waals surface area (Å²) in [5.41, 5.74) is 0.848. The van der Waals surface area contributed by atoms with E-state index >= 15 is 0 Å². The van der Waals surface area contributed by atoms with Crippen molar-refractivity contribution in [2.45, 2.75) is 44.6 Å². The molecule has 0 aromatic heterocycles. The average Bonchev–Trinajstić information content (AvgIpc) is 2.92. The number of hydrogen-bond donors (Lipinski definition) is 0. The third kappa shape index (κ3) is 4.26. The first-order chi connectivity index (χ1) is 12.0. The molecule has 2 aliphatic rings. The van der Waals surface area contributed by atoms with Gasteiger partial charge in [-0.25, -0.2) is 0 Å². The van der Waals surface area contributed by atoms with Crippen LogP contribution in [0.25, 0.3) is 0 Å². The molecular formula is C18H22Cl2N2O3. The molecule has 5 nitrogen and oxygen atoms in total. The molecule has 1 atom stereocenters. The van der Waals surface area contributed by atoms with Gasteiger partial charge in [0.05, 0.1) is 0 Å². The summed E-state index contributed by atoms with van der Waals surface area (Å²) in [5.74, 6) is 0.254. The van der Waals surface area contributed by atoms with Crippen LogP contribution in [-0.2, 0) is 11.2 Å². The monoisotopic (exact) mass is 384 g/mol. The molecule has 0 N–H and O–H groups in total. The number of carbonyl (C=O) groups is 1. The molecular weight excluding hydrogens is 363 g/mol. The predicted molar refractivity (Wildman–Crippen MR) is 97.6 cm³/mol. The molecule has 0 spiro atoms. The van der Waals surface area contributed by atoms with E-state index in [-0.39, 0.29) is 35.3 Å². The van der Waals surface area contributed by atoms with Crippen LogP contribution in [0.2, 0.25) is 10.0 Å². The van der Waals surface area contributed by atoms with E-state index in [0.29, 0.717) is 16.5 Å². The summed E-state index contributed by atoms with van der Waals surface area (Å²) in [7, 11) is 0. The van der Waals surface area contributed by atoms with Crippen LogP contribution in [0, 0.1) is 22.0 Å². The van der Waals surface area contributed by atoms with Gasteiger partial charge in [-0.15, -0.1) is 0 Å². The highest BCUT2D eigenvalue weighted by molar-refractivity contribution is 6.36. The summed E-state index contributed by atoms with van der Waals surface area (Å²) in [4.78, 5) is 25.2. The fraction of sp³-hybridized carbons (Fsp3) is 0.611. The van der Waals surface area contributed by atoms with Gasteiger partial charge in [0.15, 0.2) is 0 Å². The smallest absolute Gasteiger partial charge is 0.226 e. The minimum atomic E-state index is -0.227. The maximum absolute atomic E-state index is 12.8. The Bertz CT molecular complexity index is 639. The van der Waals surface area contributed by atoms with E-state index in [9.17, 15) is 14.9 Å². The molecule has 1 aliphatic heterocycles. The first kappa shape index (κ1) is 18.5. The zero-order valence-corrected chi connectivity index (χ0v) is 15.5. The van der Waals surface area contributed by atoms with Gasteiger partial charge in [-0.1, -0.05) is 29.3 Å². The van der Waals surface area contributed by atoms with Gasteiger partial charge < -0.3 is 4.90 Å². The number of nitro groups is 1. The molecule has 1 aromatic rings. The van der Waals surface area contributed by atoms with Crippen molar-refractivity contribution < 1.29 is 9.72 Å². The van der Waals surface area contributed by atoms with Gasteiger partial charge in [0, 0.05) is 39.4 Å². The van der Waals surface area contributed by atoms with Gasteiger partial charge in [-0.3, -0.25) is 14.9 Å². The highest BCUT2D eigenvalue weighted by Crippen LogP contribution is 2.34. The Kier molecular flexibility index (Phi) is 5.85. The van der Waals surface area contributed by atoms with E-state index in [2.05, 4.69) is 0 Å². The molecule has 1 aliphatic carbocycles. The number of amides is 1. The lowest BCUT2D eigenvalue weighted by molar-refractivity contribution is -0.489. The van der Waals surface area contributed by atoms with Gasteiger partial charge in [-0.2, -0.15) is 0 Å². The summed E-state index contributed by atoms with van der Waals surface area (Å²) in [5, 5.41) is 11.9. The maximum atomic E-state index is 12.8. The van der Waals surface area contributed by atoms with Crippen LogP contribution in [0.1, 0.15) is 37.7 Å². The fourth-order valence-corrected chi connectivity index (χ4v) is 4.69. The number of nitrogens with zero attached hydrogens (tertiary/aromatic N) is 2. The number of carbonyl (C=O) groups excluding carboxylic acids is 1. The van der Waals surface area contributed by atoms with Crippen LogP contribution in [0.4, 0.5) is 0 Å². The second kappa shape index (κ2) is 7.92. The second-order valence-corrected chi connectivity index (χ2v) is 7.93. The lowest BCUT2D eigenvalue weighted by atomic mass is 9.85. The van der Waals surface area contributed by atoms with E-state index < -0.39 is 0 Å². The Morgan fingerprint density at radius 3 is 2.36 bits per heavy atom. The molecule has 1 aromatic carbocycles. The predicted octanol–water partition coefficient (Wildman–Crippen LogP) is 4.22. The third-order valence-corrected chi connectivity index (χ3v) is 6.24. The lowest BCUT2D eigenvalue weighted by Crippen LogP contribution is -2.40. The topological polar surface area (TPSA) is 63.5 Å². The molecule has 25 heavy (non-hydrogen) atoms. The Morgan fingerprint density at radius 2 is 1.76 bits per heavy atom. The normalized spacial score (nSPS) is 26.9. The Hall–Kier alpha value is -1.33. The van der Waals surface area contributed by atoms with E-state index in [4.69, 9.17) is 23.2 Å². The second-order valence-electron chi connectivity index (χ2n) is 7.11. The molecule has 3 rings (SSSR count). The van der Waals surface area contributed by atoms with Crippen LogP contribution < -0.4 is 0 Å². The standard InChI is InChI=1S/C18H22Cl2N2O3/c19-16-2-1-3-17(20)15(16)10-13-8-9-21(18(13)23)14-6-4-12(5-7-14)11-22(24)25/h1-3,12-14H,4-11H2. The molecule has 0 radical (unpaired) electrons. The summed E-state index contributed by atoms with van der Waals surface area (Å²) in [6.45, 7) is 0.810. The molecule has 1 saturated carbocycles. The number of rotatable bonds is 5. The fourth-order valence-electron chi connectivity index (χ4n) is 4.14. The van der Waals surface area contributed by atoms with E-state index in [1.165, 1.54) is 0 Å². The van der Waals surface area contributed by atoms with E-state index in [1.807, 2.05) is 4.90 Å². The summed E-state index contributed by atoms with van der Waals surface area (Å²) in [6.07, 6.45) is 4.78. The van der Waals surface area contributed by atoms with Crippen molar-refractivity contribution in [3.05, 3.63) is 43.9 Å². The van der Waals surface area contributed by atoms with E-state index in [1.54, 1.807) is 18.2 Å². The molecule has 1 heterocycles. The molecule has 2 fully saturated rings. The van der Waals surface area contributed by atoms with Crippen molar-refractivity contribution in [2.75, 3.05) is 13.1 Å². The zero-order valence-electron chi connectivity index (χ0n) is 14.0. The summed E-state index contributed by atoms with van der Waals surface area (Å²) < 4.78 is 0. The molecule has 7 heteroatoms. The van der Waals surface area contributed by atoms with Crippen molar-refractivity contribution >= 4 is 29.1 Å². The van der Waals surface area contributed by atoms with Gasteiger partial charge in [-0.05, 0) is 56.2 Å². The molecule has 136 valence electrons. The Labute approximate surface area is 157 Å². The third-order valence-electron chi connectivity index (χ3n) is 5.53. The average molecular weight is 385 g/mol. The Morgan fingerprint density at radius 1 is 1.12 bits per heavy atom. The quantitative estimate of drug-likeness (QED) is 0.563. The summed E-state index contributed by atoms with van der Waals surface area (Å²) in [6, 6.07) is 5.63. The highest BCUT2D eigenvalue weighted by Gasteiger charge is 2.38. The van der Waals surface area contributed by atoms with E-state index in [0.717, 1.165) is 44.2 Å². The molecule has 1 saturated heterocycles. The van der Waals surface area contributed by atoms with Crippen LogP contribution in [0.5, 0.6) is 0 Å². The summed E-state index contributed by atoms with van der Waals surface area (Å²) >= 11 is 12.5. The maximum Gasteiger partial charge on any atom is 0.226 e. The largest absolute Gasteiger partial charge is 0.339 e. The van der Waals surface area contributed by atoms with Gasteiger partial charge >= 0.3 is 0 Å². The SMILES string of the molecule is O=C1C(Cc2c(Cl)cccc2Cl)CCN1C1CCC(C[N+](=O)[O-])CC1. The number of hydrogen-bond acceptors (Lipinski definition) is 3. The van der Waals surface area contributed by atoms with Crippen molar-refractivity contribution in [2.24, 2.45) is 11.8 Å². The minimum absolute atomic E-state index is 0.0499. The van der Waals surface area contributed by atoms with Crippen molar-refractivity contribution in [1.82, 2.24) is 4.90 Å².